The molecule has 0 saturated carbocycles. The lowest BCUT2D eigenvalue weighted by Crippen LogP contribution is -2.25. The van der Waals surface area contributed by atoms with Gasteiger partial charge in [0.15, 0.2) is 0 Å². The summed E-state index contributed by atoms with van der Waals surface area (Å²) in [6.07, 6.45) is 0.567. The van der Waals surface area contributed by atoms with E-state index < -0.39 is 5.97 Å². The van der Waals surface area contributed by atoms with Gasteiger partial charge in [-0.05, 0) is 85.8 Å². The molecule has 0 radical (unpaired) electrons. The molecular weight excluding hydrogens is 587 g/mol. The number of amides is 1. The molecule has 0 bridgehead atoms. The zero-order valence-corrected chi connectivity index (χ0v) is 16.8. The average molecular weight is 599 g/mol. The Labute approximate surface area is 152 Å². The van der Waals surface area contributed by atoms with E-state index in [2.05, 4.69) is 67.8 Å². The van der Waals surface area contributed by atoms with Crippen molar-refractivity contribution in [2.45, 2.75) is 19.8 Å². The Hall–Kier alpha value is 0.350. The van der Waals surface area contributed by atoms with Gasteiger partial charge in [0.1, 0.15) is 0 Å². The van der Waals surface area contributed by atoms with Crippen molar-refractivity contribution < 1.29 is 14.7 Å². The van der Waals surface area contributed by atoms with Crippen LogP contribution in [0.2, 0.25) is 0 Å². The zero-order chi connectivity index (χ0) is 14.7. The number of carboxylic acids is 1. The third-order valence-corrected chi connectivity index (χ3v) is 5.58. The van der Waals surface area contributed by atoms with Gasteiger partial charge < -0.3 is 10.0 Å². The second-order valence-corrected chi connectivity index (χ2v) is 7.36. The maximum atomic E-state index is 11.5. The van der Waals surface area contributed by atoms with E-state index in [9.17, 15) is 9.59 Å². The summed E-state index contributed by atoms with van der Waals surface area (Å²) in [4.78, 5) is 23.9. The molecule has 1 N–H and O–H groups in total. The number of aliphatic carboxylic acids is 1. The van der Waals surface area contributed by atoms with Crippen LogP contribution in [-0.2, 0) is 16.0 Å². The molecule has 0 unspecified atom stereocenters. The Morgan fingerprint density at radius 1 is 1.26 bits per heavy atom. The molecule has 0 atom stereocenters. The van der Waals surface area contributed by atoms with E-state index in [1.54, 1.807) is 11.9 Å². The fourth-order valence-corrected chi connectivity index (χ4v) is 6.18. The summed E-state index contributed by atoms with van der Waals surface area (Å²) in [6, 6.07) is 1.98. The van der Waals surface area contributed by atoms with Gasteiger partial charge in [-0.15, -0.1) is 0 Å². The van der Waals surface area contributed by atoms with Gasteiger partial charge in [0.05, 0.1) is 5.69 Å². The monoisotopic (exact) mass is 599 g/mol. The minimum absolute atomic E-state index is 0.0405. The molecule has 0 heterocycles. The number of rotatable bonds is 4. The molecule has 0 spiro atoms. The van der Waals surface area contributed by atoms with Crippen LogP contribution in [0.5, 0.6) is 0 Å². The van der Waals surface area contributed by atoms with E-state index in [1.807, 2.05) is 6.07 Å². The van der Waals surface area contributed by atoms with Crippen LogP contribution < -0.4 is 4.90 Å². The number of carboxylic acid groups (broad SMARTS) is 1. The molecule has 0 saturated heterocycles. The lowest BCUT2D eigenvalue weighted by atomic mass is 10.1. The Balaban J connectivity index is 3.29. The van der Waals surface area contributed by atoms with Gasteiger partial charge in [0.2, 0.25) is 5.91 Å². The molecule has 1 amide bonds. The smallest absolute Gasteiger partial charge is 0.303 e. The van der Waals surface area contributed by atoms with Crippen LogP contribution in [-0.4, -0.2) is 24.0 Å². The predicted molar refractivity (Wildman–Crippen MR) is 99.6 cm³/mol. The number of hydrogen-bond donors (Lipinski definition) is 1. The average Bonchev–Trinajstić information content (AvgIpc) is 2.27. The fraction of sp³-hybridized carbons (Fsp3) is 0.333. The number of hydrogen-bond acceptors (Lipinski definition) is 2. The minimum Gasteiger partial charge on any atom is -0.481 e. The summed E-state index contributed by atoms with van der Waals surface area (Å²) in [5.74, 6) is -0.854. The topological polar surface area (TPSA) is 57.6 Å². The highest BCUT2D eigenvalue weighted by molar-refractivity contribution is 14.1. The molecule has 0 aliphatic rings. The highest BCUT2D eigenvalue weighted by Gasteiger charge is 2.19. The minimum atomic E-state index is -0.813. The molecule has 1 aromatic carbocycles. The summed E-state index contributed by atoms with van der Waals surface area (Å²) < 4.78 is 2.98. The molecule has 0 aliphatic heterocycles. The van der Waals surface area contributed by atoms with Gasteiger partial charge in [-0.2, -0.15) is 0 Å². The summed E-state index contributed by atoms with van der Waals surface area (Å²) >= 11 is 6.60. The Bertz CT molecular complexity index is 531. The van der Waals surface area contributed by atoms with Crippen molar-refractivity contribution >= 4 is 85.3 Å². The fourth-order valence-electron chi connectivity index (χ4n) is 1.55. The van der Waals surface area contributed by atoms with Gasteiger partial charge >= 0.3 is 5.97 Å². The van der Waals surface area contributed by atoms with Crippen molar-refractivity contribution in [3.8, 4) is 0 Å². The van der Waals surface area contributed by atoms with Crippen molar-refractivity contribution in [3.63, 3.8) is 0 Å². The molecule has 4 nitrogen and oxygen atoms in total. The SMILES string of the molecule is CC(=O)N(C)c1c(I)cc(I)c(CCC(=O)O)c1I. The van der Waals surface area contributed by atoms with Gasteiger partial charge in [0.25, 0.3) is 0 Å². The lowest BCUT2D eigenvalue weighted by Gasteiger charge is -2.21. The number of carbonyl (C=O) groups excluding carboxylic acids is 1. The van der Waals surface area contributed by atoms with Crippen LogP contribution in [0.3, 0.4) is 0 Å². The number of nitrogens with zero attached hydrogens (tertiary/aromatic N) is 1. The molecular formula is C12H12I3NO3. The summed E-state index contributed by atoms with van der Waals surface area (Å²) in [5, 5.41) is 8.81. The molecule has 0 aromatic heterocycles. The summed E-state index contributed by atoms with van der Waals surface area (Å²) in [7, 11) is 1.73. The molecule has 104 valence electrons. The maximum absolute atomic E-state index is 11.5. The third-order valence-electron chi connectivity index (χ3n) is 2.64. The van der Waals surface area contributed by atoms with Crippen LogP contribution >= 0.6 is 67.8 Å². The largest absolute Gasteiger partial charge is 0.481 e. The van der Waals surface area contributed by atoms with Crippen LogP contribution in [0.4, 0.5) is 5.69 Å². The molecule has 1 rings (SSSR count). The molecule has 0 aliphatic carbocycles. The van der Waals surface area contributed by atoms with Crippen LogP contribution in [0, 0.1) is 10.7 Å². The first-order chi connectivity index (χ1) is 8.75. The number of anilines is 1. The normalized spacial score (nSPS) is 10.4. The molecule has 0 fully saturated rings. The van der Waals surface area contributed by atoms with Gasteiger partial charge in [-0.25, -0.2) is 0 Å². The zero-order valence-electron chi connectivity index (χ0n) is 10.3. The number of benzene rings is 1. The highest BCUT2D eigenvalue weighted by Crippen LogP contribution is 2.34. The number of halogens is 3. The van der Waals surface area contributed by atoms with E-state index in [0.29, 0.717) is 6.42 Å². The second-order valence-electron chi connectivity index (χ2n) is 3.95. The van der Waals surface area contributed by atoms with E-state index in [1.165, 1.54) is 6.92 Å². The van der Waals surface area contributed by atoms with Gasteiger partial charge in [-0.1, -0.05) is 0 Å². The summed E-state index contributed by atoms with van der Waals surface area (Å²) in [5.41, 5.74) is 1.85. The van der Waals surface area contributed by atoms with Crippen molar-refractivity contribution in [3.05, 3.63) is 22.3 Å². The van der Waals surface area contributed by atoms with Crippen molar-refractivity contribution in [2.75, 3.05) is 11.9 Å². The quantitative estimate of drug-likeness (QED) is 0.540. The van der Waals surface area contributed by atoms with Crippen molar-refractivity contribution in [1.29, 1.82) is 0 Å². The Kier molecular flexibility index (Phi) is 6.76. The van der Waals surface area contributed by atoms with E-state index >= 15 is 0 Å². The van der Waals surface area contributed by atoms with Gasteiger partial charge in [0, 0.05) is 31.1 Å². The molecule has 19 heavy (non-hydrogen) atoms. The van der Waals surface area contributed by atoms with Gasteiger partial charge in [-0.3, -0.25) is 9.59 Å². The second kappa shape index (κ2) is 7.38. The lowest BCUT2D eigenvalue weighted by molar-refractivity contribution is -0.137. The van der Waals surface area contributed by atoms with Crippen LogP contribution in [0.25, 0.3) is 0 Å². The first-order valence-corrected chi connectivity index (χ1v) is 8.61. The highest BCUT2D eigenvalue weighted by atomic mass is 127. The maximum Gasteiger partial charge on any atom is 0.303 e. The summed E-state index contributed by atoms with van der Waals surface area (Å²) in [6.45, 7) is 1.51. The van der Waals surface area contributed by atoms with Crippen LogP contribution in [0.1, 0.15) is 18.9 Å². The first kappa shape index (κ1) is 17.4. The van der Waals surface area contributed by atoms with Crippen molar-refractivity contribution in [1.82, 2.24) is 0 Å². The Morgan fingerprint density at radius 3 is 2.32 bits per heavy atom. The third kappa shape index (κ3) is 4.41. The number of carbonyl (C=O) groups is 2. The molecule has 7 heteroatoms. The predicted octanol–water partition coefficient (Wildman–Crippen LogP) is 3.50. The van der Waals surface area contributed by atoms with E-state index in [4.69, 9.17) is 5.11 Å². The van der Waals surface area contributed by atoms with E-state index in [0.717, 1.165) is 22.0 Å². The molecule has 1 aromatic rings. The van der Waals surface area contributed by atoms with E-state index in [-0.39, 0.29) is 12.3 Å². The van der Waals surface area contributed by atoms with Crippen molar-refractivity contribution in [2.24, 2.45) is 0 Å². The standard InChI is InChI=1S/C12H12I3NO3/c1-6(17)16(2)12-9(14)5-8(13)7(11(12)15)3-4-10(18)19/h5H,3-4H2,1-2H3,(H,18,19). The Morgan fingerprint density at radius 2 is 1.84 bits per heavy atom. The first-order valence-electron chi connectivity index (χ1n) is 5.38. The van der Waals surface area contributed by atoms with Crippen LogP contribution in [0.15, 0.2) is 6.07 Å².